The van der Waals surface area contributed by atoms with E-state index in [0.29, 0.717) is 6.42 Å². The summed E-state index contributed by atoms with van der Waals surface area (Å²) >= 11 is 0. The molecule has 138 valence electrons. The van der Waals surface area contributed by atoms with Gasteiger partial charge in [0.25, 0.3) is 0 Å². The molecule has 2 saturated carbocycles. The minimum atomic E-state index is -0.711. The summed E-state index contributed by atoms with van der Waals surface area (Å²) in [6.07, 6.45) is 3.44. The molecule has 1 amide bonds. The van der Waals surface area contributed by atoms with Crippen LogP contribution in [0.2, 0.25) is 0 Å². The van der Waals surface area contributed by atoms with Gasteiger partial charge in [0.05, 0.1) is 17.7 Å². The molecule has 3 fully saturated rings. The fourth-order valence-corrected chi connectivity index (χ4v) is 4.46. The van der Waals surface area contributed by atoms with Gasteiger partial charge in [-0.05, 0) is 53.9 Å². The average Bonchev–Trinajstić information content (AvgIpc) is 3.03. The van der Waals surface area contributed by atoms with E-state index in [1.807, 2.05) is 34.6 Å². The summed E-state index contributed by atoms with van der Waals surface area (Å²) in [5.74, 6) is -0.719. The van der Waals surface area contributed by atoms with E-state index in [1.165, 1.54) is 0 Å². The molecule has 0 aromatic rings. The molecular formula is C18H31NO5. The zero-order valence-electron chi connectivity index (χ0n) is 15.4. The van der Waals surface area contributed by atoms with Crippen molar-refractivity contribution in [3.05, 3.63) is 0 Å². The van der Waals surface area contributed by atoms with Crippen molar-refractivity contribution < 1.29 is 24.1 Å². The lowest BCUT2D eigenvalue weighted by atomic mass is 9.83. The van der Waals surface area contributed by atoms with Crippen LogP contribution in [0.5, 0.6) is 0 Å². The van der Waals surface area contributed by atoms with E-state index in [4.69, 9.17) is 14.2 Å². The van der Waals surface area contributed by atoms with Gasteiger partial charge >= 0.3 is 6.09 Å². The molecule has 0 unspecified atom stereocenters. The van der Waals surface area contributed by atoms with Gasteiger partial charge in [0.1, 0.15) is 11.7 Å². The molecule has 3 rings (SSSR count). The van der Waals surface area contributed by atoms with Gasteiger partial charge in [0.2, 0.25) is 0 Å². The van der Waals surface area contributed by atoms with Crippen LogP contribution >= 0.6 is 0 Å². The SMILES string of the molecule is CC(C)(C)OC(=O)N[C@@H]1C[C@H](C2(O)CCCC2)[C@H]2OC(C)(C)O[C@H]21. The quantitative estimate of drug-likeness (QED) is 0.807. The van der Waals surface area contributed by atoms with Gasteiger partial charge in [-0.2, -0.15) is 0 Å². The fraction of sp³-hybridized carbons (Fsp3) is 0.944. The summed E-state index contributed by atoms with van der Waals surface area (Å²) in [6.45, 7) is 9.28. The standard InChI is InChI=1S/C18H31NO5/c1-16(2,3)24-15(20)19-12-10-11(18(21)8-6-7-9-18)13-14(12)23-17(4,5)22-13/h11-14,21H,6-10H2,1-5H3,(H,19,20)/t11-,12+,13+,14-/m0/s1. The Morgan fingerprint density at radius 3 is 2.33 bits per heavy atom. The number of rotatable bonds is 2. The lowest BCUT2D eigenvalue weighted by Gasteiger charge is -2.33. The average molecular weight is 341 g/mol. The van der Waals surface area contributed by atoms with E-state index >= 15 is 0 Å². The summed E-state index contributed by atoms with van der Waals surface area (Å²) in [4.78, 5) is 12.2. The predicted octanol–water partition coefficient (Wildman–Crippen LogP) is 2.72. The largest absolute Gasteiger partial charge is 0.444 e. The maximum Gasteiger partial charge on any atom is 0.407 e. The van der Waals surface area contributed by atoms with Crippen molar-refractivity contribution in [1.29, 1.82) is 0 Å². The van der Waals surface area contributed by atoms with E-state index in [0.717, 1.165) is 25.7 Å². The Bertz CT molecular complexity index is 492. The van der Waals surface area contributed by atoms with Crippen molar-refractivity contribution in [3.63, 3.8) is 0 Å². The highest BCUT2D eigenvalue weighted by molar-refractivity contribution is 5.68. The van der Waals surface area contributed by atoms with Crippen LogP contribution in [0, 0.1) is 5.92 Å². The van der Waals surface area contributed by atoms with Gasteiger partial charge in [0, 0.05) is 5.92 Å². The van der Waals surface area contributed by atoms with Crippen LogP contribution in [0.3, 0.4) is 0 Å². The minimum absolute atomic E-state index is 0.0216. The number of carbonyl (C=O) groups is 1. The Hall–Kier alpha value is -0.850. The van der Waals surface area contributed by atoms with Gasteiger partial charge in [0.15, 0.2) is 5.79 Å². The van der Waals surface area contributed by atoms with E-state index in [2.05, 4.69) is 5.32 Å². The van der Waals surface area contributed by atoms with Crippen molar-refractivity contribution in [3.8, 4) is 0 Å². The third-order valence-electron chi connectivity index (χ3n) is 5.33. The van der Waals surface area contributed by atoms with Crippen LogP contribution < -0.4 is 5.32 Å². The second-order valence-electron chi connectivity index (χ2n) is 8.97. The molecule has 2 N–H and O–H groups in total. The molecule has 1 aliphatic heterocycles. The zero-order chi connectivity index (χ0) is 17.8. The second-order valence-corrected chi connectivity index (χ2v) is 8.97. The van der Waals surface area contributed by atoms with E-state index < -0.39 is 23.1 Å². The first-order valence-corrected chi connectivity index (χ1v) is 9.07. The first kappa shape index (κ1) is 18.0. The van der Waals surface area contributed by atoms with E-state index in [1.54, 1.807) is 0 Å². The maximum atomic E-state index is 12.2. The third kappa shape index (κ3) is 3.55. The van der Waals surface area contributed by atoms with Gasteiger partial charge in [-0.3, -0.25) is 0 Å². The summed E-state index contributed by atoms with van der Waals surface area (Å²) in [6, 6.07) is -0.207. The van der Waals surface area contributed by atoms with Crippen LogP contribution in [0.1, 0.15) is 66.7 Å². The van der Waals surface area contributed by atoms with Gasteiger partial charge in [-0.1, -0.05) is 12.8 Å². The highest BCUT2D eigenvalue weighted by Crippen LogP contribution is 2.50. The number of aliphatic hydroxyl groups is 1. The molecule has 1 saturated heterocycles. The summed E-state index contributed by atoms with van der Waals surface area (Å²) in [7, 11) is 0. The number of alkyl carbamates (subject to hydrolysis) is 1. The molecule has 3 aliphatic rings. The van der Waals surface area contributed by atoms with Crippen molar-refractivity contribution in [2.75, 3.05) is 0 Å². The highest BCUT2D eigenvalue weighted by Gasteiger charge is 2.60. The summed E-state index contributed by atoms with van der Waals surface area (Å²) in [5, 5.41) is 14.0. The first-order valence-electron chi connectivity index (χ1n) is 9.07. The Morgan fingerprint density at radius 2 is 1.75 bits per heavy atom. The Kier molecular flexibility index (Phi) is 4.38. The number of hydrogen-bond donors (Lipinski definition) is 2. The van der Waals surface area contributed by atoms with Gasteiger partial charge < -0.3 is 24.6 Å². The van der Waals surface area contributed by atoms with E-state index in [-0.39, 0.29) is 24.2 Å². The topological polar surface area (TPSA) is 77.0 Å². The lowest BCUT2D eigenvalue weighted by molar-refractivity contribution is -0.170. The fourth-order valence-electron chi connectivity index (χ4n) is 4.46. The number of carbonyl (C=O) groups excluding carboxylic acids is 1. The van der Waals surface area contributed by atoms with Crippen molar-refractivity contribution in [1.82, 2.24) is 5.32 Å². The number of fused-ring (bicyclic) bond motifs is 1. The first-order chi connectivity index (χ1) is 11.0. The third-order valence-corrected chi connectivity index (χ3v) is 5.33. The monoisotopic (exact) mass is 341 g/mol. The van der Waals surface area contributed by atoms with Crippen LogP contribution in [0.25, 0.3) is 0 Å². The lowest BCUT2D eigenvalue weighted by Crippen LogP contribution is -2.45. The van der Waals surface area contributed by atoms with Crippen molar-refractivity contribution in [2.24, 2.45) is 5.92 Å². The van der Waals surface area contributed by atoms with Crippen molar-refractivity contribution >= 4 is 6.09 Å². The number of nitrogens with one attached hydrogen (secondary N) is 1. The van der Waals surface area contributed by atoms with Crippen LogP contribution in [-0.4, -0.2) is 46.4 Å². The molecule has 0 radical (unpaired) electrons. The Labute approximate surface area is 144 Å². The van der Waals surface area contributed by atoms with Gasteiger partial charge in [-0.25, -0.2) is 4.79 Å². The molecule has 6 heteroatoms. The molecule has 0 spiro atoms. The molecule has 1 heterocycles. The molecule has 0 bridgehead atoms. The highest BCUT2D eigenvalue weighted by atomic mass is 16.8. The van der Waals surface area contributed by atoms with E-state index in [9.17, 15) is 9.90 Å². The Balaban J connectivity index is 1.74. The minimum Gasteiger partial charge on any atom is -0.444 e. The van der Waals surface area contributed by atoms with Crippen LogP contribution in [0.15, 0.2) is 0 Å². The smallest absolute Gasteiger partial charge is 0.407 e. The zero-order valence-corrected chi connectivity index (χ0v) is 15.4. The molecule has 0 aromatic heterocycles. The number of amides is 1. The molecular weight excluding hydrogens is 310 g/mol. The molecule has 2 aliphatic carbocycles. The number of ether oxygens (including phenoxy) is 3. The van der Waals surface area contributed by atoms with Crippen LogP contribution in [-0.2, 0) is 14.2 Å². The number of hydrogen-bond acceptors (Lipinski definition) is 5. The van der Waals surface area contributed by atoms with Crippen LogP contribution in [0.4, 0.5) is 4.79 Å². The second kappa shape index (κ2) is 5.85. The molecule has 4 atom stereocenters. The summed E-state index contributed by atoms with van der Waals surface area (Å²) < 4.78 is 17.5. The molecule has 6 nitrogen and oxygen atoms in total. The molecule has 24 heavy (non-hydrogen) atoms. The molecule has 0 aromatic carbocycles. The van der Waals surface area contributed by atoms with Crippen molar-refractivity contribution in [2.45, 2.75) is 102 Å². The van der Waals surface area contributed by atoms with Gasteiger partial charge in [-0.15, -0.1) is 0 Å². The summed E-state index contributed by atoms with van der Waals surface area (Å²) in [5.41, 5.74) is -1.26. The predicted molar refractivity (Wildman–Crippen MR) is 88.5 cm³/mol. The normalized spacial score (nSPS) is 37.2. The Morgan fingerprint density at radius 1 is 1.17 bits per heavy atom. The maximum absolute atomic E-state index is 12.2.